The van der Waals surface area contributed by atoms with Crippen LogP contribution in [0.5, 0.6) is 0 Å². The highest BCUT2D eigenvalue weighted by atomic mass is 127. The van der Waals surface area contributed by atoms with Crippen LogP contribution in [-0.4, -0.2) is 54.1 Å². The zero-order valence-electron chi connectivity index (χ0n) is 16.3. The Morgan fingerprint density at radius 1 is 1.30 bits per heavy atom. The molecule has 0 saturated carbocycles. The minimum atomic E-state index is 0. The lowest BCUT2D eigenvalue weighted by Gasteiger charge is -2.29. The fourth-order valence-electron chi connectivity index (χ4n) is 3.50. The maximum absolute atomic E-state index is 6.08. The third kappa shape index (κ3) is 5.86. The number of hydrogen-bond donors (Lipinski definition) is 1. The number of guanidine groups is 1. The van der Waals surface area contributed by atoms with Gasteiger partial charge in [-0.2, -0.15) is 0 Å². The molecule has 148 valence electrons. The largest absolute Gasteiger partial charge is 0.355 e. The van der Waals surface area contributed by atoms with Gasteiger partial charge in [-0.1, -0.05) is 35.9 Å². The Kier molecular flexibility index (Phi) is 8.44. The molecule has 1 N–H and O–H groups in total. The molecule has 0 atom stereocenters. The van der Waals surface area contributed by atoms with E-state index in [1.165, 1.54) is 11.1 Å². The summed E-state index contributed by atoms with van der Waals surface area (Å²) >= 11 is 6.08. The fourth-order valence-corrected chi connectivity index (χ4v) is 3.77. The molecule has 2 aromatic rings. The molecule has 0 radical (unpaired) electrons. The molecular formula is C20H29ClIN5. The summed E-state index contributed by atoms with van der Waals surface area (Å²) in [5.74, 6) is 0.903. The van der Waals surface area contributed by atoms with Gasteiger partial charge in [-0.05, 0) is 23.6 Å². The highest BCUT2D eigenvalue weighted by Crippen LogP contribution is 2.18. The van der Waals surface area contributed by atoms with Crippen molar-refractivity contribution in [3.05, 3.63) is 58.4 Å². The van der Waals surface area contributed by atoms with E-state index in [0.29, 0.717) is 0 Å². The lowest BCUT2D eigenvalue weighted by molar-refractivity contribution is 0.257. The van der Waals surface area contributed by atoms with E-state index in [0.717, 1.165) is 55.8 Å². The van der Waals surface area contributed by atoms with Crippen LogP contribution < -0.4 is 5.32 Å². The molecule has 0 fully saturated rings. The van der Waals surface area contributed by atoms with Gasteiger partial charge in [-0.25, -0.2) is 0 Å². The Labute approximate surface area is 184 Å². The van der Waals surface area contributed by atoms with Gasteiger partial charge >= 0.3 is 0 Å². The molecule has 0 spiro atoms. The molecule has 27 heavy (non-hydrogen) atoms. The predicted molar refractivity (Wildman–Crippen MR) is 124 cm³/mol. The normalized spacial score (nSPS) is 14.4. The number of nitrogens with one attached hydrogen (secondary N) is 1. The highest BCUT2D eigenvalue weighted by Gasteiger charge is 2.15. The van der Waals surface area contributed by atoms with Crippen molar-refractivity contribution in [2.45, 2.75) is 19.5 Å². The standard InChI is InChI=1S/C20H28ClN5.HI/c1-22-20(25(3)15-19-12-18(21)14-24(19)2)23-9-11-26-10-8-16-6-4-5-7-17(16)13-26;/h4-7,12,14H,8-11,13,15H2,1-3H3,(H,22,23);1H. The second-order valence-electron chi connectivity index (χ2n) is 6.89. The van der Waals surface area contributed by atoms with Gasteiger partial charge in [0.2, 0.25) is 0 Å². The molecule has 0 saturated heterocycles. The van der Waals surface area contributed by atoms with E-state index in [1.54, 1.807) is 0 Å². The first-order valence-electron chi connectivity index (χ1n) is 9.08. The van der Waals surface area contributed by atoms with E-state index in [-0.39, 0.29) is 24.0 Å². The average molecular weight is 502 g/mol. The Morgan fingerprint density at radius 2 is 2.04 bits per heavy atom. The number of halogens is 2. The van der Waals surface area contributed by atoms with Crippen molar-refractivity contribution in [3.63, 3.8) is 0 Å². The van der Waals surface area contributed by atoms with Crippen molar-refractivity contribution >= 4 is 41.5 Å². The highest BCUT2D eigenvalue weighted by molar-refractivity contribution is 14.0. The van der Waals surface area contributed by atoms with Gasteiger partial charge in [0.1, 0.15) is 0 Å². The molecule has 7 heteroatoms. The lowest BCUT2D eigenvalue weighted by Crippen LogP contribution is -2.43. The molecule has 1 aromatic heterocycles. The molecule has 3 rings (SSSR count). The van der Waals surface area contributed by atoms with Crippen LogP contribution in [0.4, 0.5) is 0 Å². The number of benzene rings is 1. The number of fused-ring (bicyclic) bond motifs is 1. The van der Waals surface area contributed by atoms with Crippen molar-refractivity contribution < 1.29 is 0 Å². The molecule has 2 heterocycles. The SMILES string of the molecule is CN=C(NCCN1CCc2ccccc2C1)N(C)Cc1cc(Cl)cn1C.I. The summed E-state index contributed by atoms with van der Waals surface area (Å²) in [4.78, 5) is 9.03. The van der Waals surface area contributed by atoms with Crippen LogP contribution in [0.15, 0.2) is 41.5 Å². The Morgan fingerprint density at radius 3 is 2.70 bits per heavy atom. The van der Waals surface area contributed by atoms with Crippen LogP contribution in [0.25, 0.3) is 0 Å². The minimum absolute atomic E-state index is 0. The molecule has 1 aliphatic heterocycles. The Balaban J connectivity index is 0.00000261. The van der Waals surface area contributed by atoms with Gasteiger partial charge in [-0.3, -0.25) is 9.89 Å². The van der Waals surface area contributed by atoms with Crippen molar-refractivity contribution in [3.8, 4) is 0 Å². The quantitative estimate of drug-likeness (QED) is 0.388. The first-order chi connectivity index (χ1) is 12.6. The monoisotopic (exact) mass is 501 g/mol. The number of aryl methyl sites for hydroxylation is 1. The summed E-state index contributed by atoms with van der Waals surface area (Å²) in [6, 6.07) is 10.8. The molecule has 0 bridgehead atoms. The molecule has 1 aromatic carbocycles. The van der Waals surface area contributed by atoms with Crippen molar-refractivity contribution in [1.29, 1.82) is 0 Å². The molecule has 0 aliphatic carbocycles. The van der Waals surface area contributed by atoms with Crippen LogP contribution in [0.1, 0.15) is 16.8 Å². The molecule has 5 nitrogen and oxygen atoms in total. The van der Waals surface area contributed by atoms with E-state index < -0.39 is 0 Å². The van der Waals surface area contributed by atoms with Crippen molar-refractivity contribution in [2.75, 3.05) is 33.7 Å². The molecular weight excluding hydrogens is 473 g/mol. The smallest absolute Gasteiger partial charge is 0.193 e. The van der Waals surface area contributed by atoms with Crippen LogP contribution in [-0.2, 0) is 26.6 Å². The van der Waals surface area contributed by atoms with Crippen LogP contribution in [0.2, 0.25) is 5.02 Å². The Bertz CT molecular complexity index is 773. The van der Waals surface area contributed by atoms with Gasteiger partial charge in [0.05, 0.1) is 11.6 Å². The summed E-state index contributed by atoms with van der Waals surface area (Å²) in [5, 5.41) is 4.25. The second kappa shape index (κ2) is 10.3. The number of nitrogens with zero attached hydrogens (tertiary/aromatic N) is 4. The maximum Gasteiger partial charge on any atom is 0.193 e. The van der Waals surface area contributed by atoms with Gasteiger partial charge in [0.25, 0.3) is 0 Å². The van der Waals surface area contributed by atoms with Crippen LogP contribution in [0.3, 0.4) is 0 Å². The first kappa shape index (κ1) is 22.0. The van der Waals surface area contributed by atoms with Crippen LogP contribution in [0, 0.1) is 0 Å². The van der Waals surface area contributed by atoms with Crippen molar-refractivity contribution in [1.82, 2.24) is 19.7 Å². The molecule has 0 unspecified atom stereocenters. The number of aliphatic imine (C=N–C) groups is 1. The fraction of sp³-hybridized carbons (Fsp3) is 0.450. The summed E-state index contributed by atoms with van der Waals surface area (Å²) in [7, 11) is 5.89. The summed E-state index contributed by atoms with van der Waals surface area (Å²) < 4.78 is 2.05. The maximum atomic E-state index is 6.08. The van der Waals surface area contributed by atoms with E-state index in [9.17, 15) is 0 Å². The van der Waals surface area contributed by atoms with Gasteiger partial charge in [-0.15, -0.1) is 24.0 Å². The number of rotatable bonds is 5. The zero-order chi connectivity index (χ0) is 18.5. The third-order valence-electron chi connectivity index (χ3n) is 4.97. The van der Waals surface area contributed by atoms with Gasteiger partial charge < -0.3 is 14.8 Å². The minimum Gasteiger partial charge on any atom is -0.355 e. The summed E-state index contributed by atoms with van der Waals surface area (Å²) in [5.41, 5.74) is 4.11. The zero-order valence-corrected chi connectivity index (χ0v) is 19.4. The topological polar surface area (TPSA) is 35.8 Å². The number of aromatic nitrogens is 1. The average Bonchev–Trinajstić information content (AvgIpc) is 2.95. The second-order valence-corrected chi connectivity index (χ2v) is 7.32. The third-order valence-corrected chi connectivity index (χ3v) is 5.17. The van der Waals surface area contributed by atoms with Gasteiger partial charge in [0.15, 0.2) is 5.96 Å². The van der Waals surface area contributed by atoms with E-state index in [2.05, 4.69) is 48.9 Å². The van der Waals surface area contributed by atoms with E-state index in [1.807, 2.05) is 33.4 Å². The van der Waals surface area contributed by atoms with E-state index in [4.69, 9.17) is 11.6 Å². The molecule has 0 amide bonds. The Hall–Kier alpha value is -1.25. The van der Waals surface area contributed by atoms with Crippen molar-refractivity contribution in [2.24, 2.45) is 12.0 Å². The van der Waals surface area contributed by atoms with Gasteiger partial charge in [0, 0.05) is 59.2 Å². The van der Waals surface area contributed by atoms with Crippen LogP contribution >= 0.6 is 35.6 Å². The summed E-state index contributed by atoms with van der Waals surface area (Å²) in [6.07, 6.45) is 3.06. The number of hydrogen-bond acceptors (Lipinski definition) is 2. The molecule has 1 aliphatic rings. The summed E-state index contributed by atoms with van der Waals surface area (Å²) in [6.45, 7) is 4.81. The first-order valence-corrected chi connectivity index (χ1v) is 9.46. The lowest BCUT2D eigenvalue weighted by atomic mass is 10.00. The van der Waals surface area contributed by atoms with E-state index >= 15 is 0 Å². The predicted octanol–water partition coefficient (Wildman–Crippen LogP) is 3.36.